The number of likely N-dealkylation sites (N-methyl/N-ethyl adjacent to an activating group) is 2. The first-order chi connectivity index (χ1) is 8.62. The molecule has 0 unspecified atom stereocenters. The lowest BCUT2D eigenvalue weighted by molar-refractivity contribution is -0.119. The van der Waals surface area contributed by atoms with E-state index in [1.807, 2.05) is 36.9 Å². The van der Waals surface area contributed by atoms with Crippen molar-refractivity contribution < 1.29 is 4.79 Å². The Bertz CT molecular complexity index is 409. The van der Waals surface area contributed by atoms with Crippen LogP contribution in [0.4, 0.5) is 5.69 Å². The van der Waals surface area contributed by atoms with Gasteiger partial charge in [-0.25, -0.2) is 0 Å². The van der Waals surface area contributed by atoms with Gasteiger partial charge in [0.25, 0.3) is 0 Å². The molecular weight excluding hydrogens is 294 g/mol. The molecule has 0 saturated carbocycles. The van der Waals surface area contributed by atoms with Crippen LogP contribution in [0.15, 0.2) is 22.7 Å². The second kappa shape index (κ2) is 7.38. The average Bonchev–Trinajstić information content (AvgIpc) is 2.36. The quantitative estimate of drug-likeness (QED) is 0.843. The van der Waals surface area contributed by atoms with Crippen LogP contribution < -0.4 is 16.0 Å². The van der Waals surface area contributed by atoms with E-state index in [0.717, 1.165) is 22.3 Å². The standard InChI is InChI=1S/C13H20BrN3O/c1-3-16-13(18)9-17(4-2)12-7-11(14)6-5-10(12)8-15/h5-7H,3-4,8-9,15H2,1-2H3,(H,16,18). The average molecular weight is 314 g/mol. The molecule has 5 heteroatoms. The molecule has 100 valence electrons. The van der Waals surface area contributed by atoms with Crippen LogP contribution in [0.1, 0.15) is 19.4 Å². The predicted molar refractivity (Wildman–Crippen MR) is 78.6 cm³/mol. The van der Waals surface area contributed by atoms with Gasteiger partial charge in [-0.1, -0.05) is 22.0 Å². The van der Waals surface area contributed by atoms with Crippen molar-refractivity contribution in [3.8, 4) is 0 Å². The molecule has 0 aliphatic carbocycles. The third-order valence-corrected chi connectivity index (χ3v) is 3.19. The fourth-order valence-electron chi connectivity index (χ4n) is 1.80. The molecule has 0 radical (unpaired) electrons. The van der Waals surface area contributed by atoms with Crippen LogP contribution in [-0.2, 0) is 11.3 Å². The van der Waals surface area contributed by atoms with Gasteiger partial charge in [0.1, 0.15) is 0 Å². The zero-order valence-corrected chi connectivity index (χ0v) is 12.5. The molecule has 3 N–H and O–H groups in total. The fourth-order valence-corrected chi connectivity index (χ4v) is 2.15. The molecule has 0 atom stereocenters. The van der Waals surface area contributed by atoms with Crippen LogP contribution in [-0.4, -0.2) is 25.5 Å². The first kappa shape index (κ1) is 15.0. The number of nitrogens with two attached hydrogens (primary N) is 1. The monoisotopic (exact) mass is 313 g/mol. The Morgan fingerprint density at radius 3 is 2.72 bits per heavy atom. The van der Waals surface area contributed by atoms with E-state index in [-0.39, 0.29) is 5.91 Å². The van der Waals surface area contributed by atoms with Gasteiger partial charge >= 0.3 is 0 Å². The molecule has 1 rings (SSSR count). The number of benzene rings is 1. The Hall–Kier alpha value is -1.07. The molecule has 1 amide bonds. The Balaban J connectivity index is 2.93. The van der Waals surface area contributed by atoms with Gasteiger partial charge in [-0.15, -0.1) is 0 Å². The van der Waals surface area contributed by atoms with Gasteiger partial charge < -0.3 is 16.0 Å². The lowest BCUT2D eigenvalue weighted by Crippen LogP contribution is -2.37. The summed E-state index contributed by atoms with van der Waals surface area (Å²) >= 11 is 3.45. The van der Waals surface area contributed by atoms with Gasteiger partial charge in [0.05, 0.1) is 6.54 Å². The summed E-state index contributed by atoms with van der Waals surface area (Å²) in [4.78, 5) is 13.7. The number of hydrogen-bond donors (Lipinski definition) is 2. The lowest BCUT2D eigenvalue weighted by atomic mass is 10.1. The van der Waals surface area contributed by atoms with Crippen LogP contribution in [0.2, 0.25) is 0 Å². The van der Waals surface area contributed by atoms with Crippen molar-refractivity contribution in [2.75, 3.05) is 24.5 Å². The molecule has 0 spiro atoms. The largest absolute Gasteiger partial charge is 0.362 e. The maximum Gasteiger partial charge on any atom is 0.239 e. The van der Waals surface area contributed by atoms with Crippen LogP contribution in [0, 0.1) is 0 Å². The third-order valence-electron chi connectivity index (χ3n) is 2.70. The minimum Gasteiger partial charge on any atom is -0.362 e. The molecule has 1 aromatic rings. The Kier molecular flexibility index (Phi) is 6.15. The Labute approximate surface area is 117 Å². The number of anilines is 1. The van der Waals surface area contributed by atoms with E-state index in [2.05, 4.69) is 21.2 Å². The predicted octanol–water partition coefficient (Wildman–Crippen LogP) is 1.87. The minimum absolute atomic E-state index is 0.0299. The molecule has 0 aliphatic heterocycles. The molecule has 1 aromatic carbocycles. The number of nitrogens with one attached hydrogen (secondary N) is 1. The number of nitrogens with zero attached hydrogens (tertiary/aromatic N) is 1. The minimum atomic E-state index is 0.0299. The van der Waals surface area contributed by atoms with Crippen molar-refractivity contribution in [2.45, 2.75) is 20.4 Å². The number of carbonyl (C=O) groups is 1. The maximum absolute atomic E-state index is 11.7. The molecule has 0 saturated heterocycles. The summed E-state index contributed by atoms with van der Waals surface area (Å²) in [6, 6.07) is 5.95. The SMILES string of the molecule is CCNC(=O)CN(CC)c1cc(Br)ccc1CN. The van der Waals surface area contributed by atoms with Gasteiger partial charge in [0.15, 0.2) is 0 Å². The number of halogens is 1. The van der Waals surface area contributed by atoms with E-state index in [0.29, 0.717) is 19.6 Å². The highest BCUT2D eigenvalue weighted by molar-refractivity contribution is 9.10. The molecule has 0 bridgehead atoms. The van der Waals surface area contributed by atoms with Crippen molar-refractivity contribution >= 4 is 27.5 Å². The fraction of sp³-hybridized carbons (Fsp3) is 0.462. The normalized spacial score (nSPS) is 10.2. The maximum atomic E-state index is 11.7. The van der Waals surface area contributed by atoms with Gasteiger partial charge in [0, 0.05) is 29.8 Å². The molecule has 0 heterocycles. The summed E-state index contributed by atoms with van der Waals surface area (Å²) in [6.45, 7) is 6.18. The highest BCUT2D eigenvalue weighted by Crippen LogP contribution is 2.24. The summed E-state index contributed by atoms with van der Waals surface area (Å²) in [6.07, 6.45) is 0. The van der Waals surface area contributed by atoms with Crippen molar-refractivity contribution in [1.82, 2.24) is 5.32 Å². The highest BCUT2D eigenvalue weighted by Gasteiger charge is 2.13. The molecule has 0 fully saturated rings. The smallest absolute Gasteiger partial charge is 0.239 e. The topological polar surface area (TPSA) is 58.4 Å². The van der Waals surface area contributed by atoms with E-state index in [4.69, 9.17) is 5.73 Å². The van der Waals surface area contributed by atoms with Gasteiger partial charge in [-0.05, 0) is 31.5 Å². The van der Waals surface area contributed by atoms with Crippen molar-refractivity contribution in [1.29, 1.82) is 0 Å². The number of amides is 1. The third kappa shape index (κ3) is 3.99. The summed E-state index contributed by atoms with van der Waals surface area (Å²) in [5, 5.41) is 2.81. The zero-order valence-electron chi connectivity index (χ0n) is 10.9. The van der Waals surface area contributed by atoms with Crippen LogP contribution >= 0.6 is 15.9 Å². The van der Waals surface area contributed by atoms with Crippen LogP contribution in [0.3, 0.4) is 0 Å². The van der Waals surface area contributed by atoms with Gasteiger partial charge in [0.2, 0.25) is 5.91 Å². The number of rotatable bonds is 6. The van der Waals surface area contributed by atoms with Crippen LogP contribution in [0.5, 0.6) is 0 Å². The van der Waals surface area contributed by atoms with Gasteiger partial charge in [-0.3, -0.25) is 4.79 Å². The number of carbonyl (C=O) groups excluding carboxylic acids is 1. The molecule has 0 aliphatic rings. The molecule has 4 nitrogen and oxygen atoms in total. The Morgan fingerprint density at radius 1 is 1.44 bits per heavy atom. The Morgan fingerprint density at radius 2 is 2.17 bits per heavy atom. The summed E-state index contributed by atoms with van der Waals surface area (Å²) < 4.78 is 0.990. The van der Waals surface area contributed by atoms with Gasteiger partial charge in [-0.2, -0.15) is 0 Å². The summed E-state index contributed by atoms with van der Waals surface area (Å²) in [7, 11) is 0. The summed E-state index contributed by atoms with van der Waals surface area (Å²) in [5.74, 6) is 0.0299. The molecule has 18 heavy (non-hydrogen) atoms. The first-order valence-electron chi connectivity index (χ1n) is 6.12. The second-order valence-electron chi connectivity index (χ2n) is 3.94. The van der Waals surface area contributed by atoms with E-state index in [9.17, 15) is 4.79 Å². The summed E-state index contributed by atoms with van der Waals surface area (Å²) in [5.41, 5.74) is 7.80. The van der Waals surface area contributed by atoms with E-state index < -0.39 is 0 Å². The van der Waals surface area contributed by atoms with Crippen molar-refractivity contribution in [3.63, 3.8) is 0 Å². The highest BCUT2D eigenvalue weighted by atomic mass is 79.9. The molecule has 0 aromatic heterocycles. The first-order valence-corrected chi connectivity index (χ1v) is 6.91. The zero-order chi connectivity index (χ0) is 13.5. The van der Waals surface area contributed by atoms with E-state index in [1.165, 1.54) is 0 Å². The number of hydrogen-bond acceptors (Lipinski definition) is 3. The van der Waals surface area contributed by atoms with Crippen molar-refractivity contribution in [3.05, 3.63) is 28.2 Å². The van der Waals surface area contributed by atoms with E-state index in [1.54, 1.807) is 0 Å². The second-order valence-corrected chi connectivity index (χ2v) is 4.86. The van der Waals surface area contributed by atoms with Crippen LogP contribution in [0.25, 0.3) is 0 Å². The van der Waals surface area contributed by atoms with E-state index >= 15 is 0 Å². The molecular formula is C13H20BrN3O. The van der Waals surface area contributed by atoms with Crippen molar-refractivity contribution in [2.24, 2.45) is 5.73 Å². The lowest BCUT2D eigenvalue weighted by Gasteiger charge is -2.25.